The summed E-state index contributed by atoms with van der Waals surface area (Å²) in [6.07, 6.45) is 10.4. The van der Waals surface area contributed by atoms with Crippen LogP contribution in [0.15, 0.2) is 42.9 Å². The van der Waals surface area contributed by atoms with Crippen LogP contribution in [0.2, 0.25) is 0 Å². The van der Waals surface area contributed by atoms with E-state index in [1.54, 1.807) is 0 Å². The van der Waals surface area contributed by atoms with Gasteiger partial charge in [0.2, 0.25) is 0 Å². The third-order valence-electron chi connectivity index (χ3n) is 5.84. The zero-order chi connectivity index (χ0) is 17.3. The number of rotatable bonds is 3. The Morgan fingerprint density at radius 1 is 1.20 bits per heavy atom. The first kappa shape index (κ1) is 16.3. The number of amides is 1. The highest BCUT2D eigenvalue weighted by molar-refractivity contribution is 5.92. The van der Waals surface area contributed by atoms with E-state index < -0.39 is 0 Å². The normalized spacial score (nSPS) is 24.1. The van der Waals surface area contributed by atoms with Gasteiger partial charge < -0.3 is 9.47 Å². The Hall–Kier alpha value is -2.14. The topological polar surface area (TPSA) is 41.4 Å². The van der Waals surface area contributed by atoms with Gasteiger partial charge in [-0.3, -0.25) is 14.7 Å². The highest BCUT2D eigenvalue weighted by Crippen LogP contribution is 2.38. The van der Waals surface area contributed by atoms with Gasteiger partial charge in [-0.15, -0.1) is 0 Å². The molecule has 2 aliphatic rings. The van der Waals surface area contributed by atoms with Crippen LogP contribution in [0.1, 0.15) is 41.7 Å². The van der Waals surface area contributed by atoms with E-state index in [0.29, 0.717) is 0 Å². The molecule has 1 spiro atoms. The molecule has 4 heterocycles. The number of hydrogen-bond donors (Lipinski definition) is 0. The van der Waals surface area contributed by atoms with Crippen LogP contribution in [-0.4, -0.2) is 50.4 Å². The largest absolute Gasteiger partial charge is 0.347 e. The molecule has 132 valence electrons. The number of nitrogens with zero attached hydrogens (tertiary/aromatic N) is 4. The molecule has 25 heavy (non-hydrogen) atoms. The van der Waals surface area contributed by atoms with Gasteiger partial charge in [-0.25, -0.2) is 0 Å². The molecule has 0 unspecified atom stereocenters. The van der Waals surface area contributed by atoms with Gasteiger partial charge in [-0.05, 0) is 56.0 Å². The molecule has 2 saturated heterocycles. The molecule has 4 rings (SSSR count). The van der Waals surface area contributed by atoms with Crippen molar-refractivity contribution in [1.82, 2.24) is 19.4 Å². The summed E-state index contributed by atoms with van der Waals surface area (Å²) < 4.78 is 1.92. The maximum atomic E-state index is 13.0. The van der Waals surface area contributed by atoms with E-state index in [0.717, 1.165) is 38.3 Å². The number of likely N-dealkylation sites (tertiary alicyclic amines) is 2. The predicted octanol–water partition coefficient (Wildman–Crippen LogP) is 2.69. The number of aryl methyl sites for hydroxylation is 1. The average molecular weight is 338 g/mol. The molecule has 0 radical (unpaired) electrons. The maximum Gasteiger partial charge on any atom is 0.270 e. The van der Waals surface area contributed by atoms with Crippen molar-refractivity contribution in [2.45, 2.75) is 37.8 Å². The van der Waals surface area contributed by atoms with Crippen molar-refractivity contribution in [1.29, 1.82) is 0 Å². The molecule has 1 amide bonds. The Balaban J connectivity index is 1.52. The molecule has 1 atom stereocenters. The van der Waals surface area contributed by atoms with Crippen LogP contribution in [0, 0.1) is 0 Å². The van der Waals surface area contributed by atoms with Crippen LogP contribution in [-0.2, 0) is 13.6 Å². The van der Waals surface area contributed by atoms with Gasteiger partial charge in [0.1, 0.15) is 5.69 Å². The Morgan fingerprint density at radius 2 is 2.04 bits per heavy atom. The lowest BCUT2D eigenvalue weighted by Crippen LogP contribution is -2.56. The van der Waals surface area contributed by atoms with Gasteiger partial charge in [-0.2, -0.15) is 0 Å². The Morgan fingerprint density at radius 3 is 2.76 bits per heavy atom. The second kappa shape index (κ2) is 6.64. The molecule has 2 fully saturated rings. The highest BCUT2D eigenvalue weighted by Gasteiger charge is 2.44. The van der Waals surface area contributed by atoms with Crippen molar-refractivity contribution in [2.75, 3.05) is 19.6 Å². The van der Waals surface area contributed by atoms with Crippen molar-refractivity contribution in [3.8, 4) is 0 Å². The summed E-state index contributed by atoms with van der Waals surface area (Å²) in [7, 11) is 1.94. The zero-order valence-electron chi connectivity index (χ0n) is 14.9. The first-order valence-corrected chi connectivity index (χ1v) is 9.23. The smallest absolute Gasteiger partial charge is 0.270 e. The van der Waals surface area contributed by atoms with Crippen LogP contribution in [0.5, 0.6) is 0 Å². The Labute approximate surface area is 149 Å². The van der Waals surface area contributed by atoms with Gasteiger partial charge in [-0.1, -0.05) is 6.07 Å². The fourth-order valence-electron chi connectivity index (χ4n) is 4.55. The van der Waals surface area contributed by atoms with Crippen molar-refractivity contribution >= 4 is 5.91 Å². The van der Waals surface area contributed by atoms with Crippen molar-refractivity contribution in [3.05, 3.63) is 54.1 Å². The van der Waals surface area contributed by atoms with Crippen LogP contribution >= 0.6 is 0 Å². The summed E-state index contributed by atoms with van der Waals surface area (Å²) in [4.78, 5) is 21.9. The van der Waals surface area contributed by atoms with Gasteiger partial charge in [0.15, 0.2) is 0 Å². The summed E-state index contributed by atoms with van der Waals surface area (Å²) in [6.45, 7) is 3.75. The van der Waals surface area contributed by atoms with Crippen LogP contribution in [0.3, 0.4) is 0 Å². The number of piperidine rings is 1. The van der Waals surface area contributed by atoms with E-state index in [-0.39, 0.29) is 11.4 Å². The summed E-state index contributed by atoms with van der Waals surface area (Å²) in [5, 5.41) is 0. The summed E-state index contributed by atoms with van der Waals surface area (Å²) in [6, 6.07) is 8.02. The molecule has 0 aromatic carbocycles. The molecule has 5 nitrogen and oxygen atoms in total. The van der Waals surface area contributed by atoms with E-state index in [2.05, 4.69) is 20.9 Å². The van der Waals surface area contributed by atoms with Crippen LogP contribution < -0.4 is 0 Å². The second-order valence-electron chi connectivity index (χ2n) is 7.45. The molecule has 5 heteroatoms. The number of carbonyl (C=O) groups is 1. The van der Waals surface area contributed by atoms with E-state index >= 15 is 0 Å². The molecule has 0 saturated carbocycles. The number of aromatic nitrogens is 2. The average Bonchev–Trinajstić information content (AvgIpc) is 3.22. The molecule has 0 bridgehead atoms. The molecule has 2 aliphatic heterocycles. The van der Waals surface area contributed by atoms with Crippen molar-refractivity contribution in [3.63, 3.8) is 0 Å². The third kappa shape index (κ3) is 3.09. The quantitative estimate of drug-likeness (QED) is 0.864. The minimum absolute atomic E-state index is 0.134. The highest BCUT2D eigenvalue weighted by atomic mass is 16.2. The van der Waals surface area contributed by atoms with Gasteiger partial charge in [0.25, 0.3) is 5.91 Å². The first-order valence-electron chi connectivity index (χ1n) is 9.23. The van der Waals surface area contributed by atoms with E-state index in [1.165, 1.54) is 24.8 Å². The molecule has 2 aromatic heterocycles. The summed E-state index contributed by atoms with van der Waals surface area (Å²) in [5.41, 5.74) is 2.18. The Bertz CT molecular complexity index is 741. The van der Waals surface area contributed by atoms with E-state index in [4.69, 9.17) is 0 Å². The van der Waals surface area contributed by atoms with Crippen molar-refractivity contribution in [2.24, 2.45) is 7.05 Å². The number of pyridine rings is 1. The molecular formula is C20H26N4O. The molecular weight excluding hydrogens is 312 g/mol. The molecule has 0 N–H and O–H groups in total. The first-order chi connectivity index (χ1) is 12.2. The fourth-order valence-corrected chi connectivity index (χ4v) is 4.55. The van der Waals surface area contributed by atoms with Gasteiger partial charge in [0.05, 0.1) is 0 Å². The maximum absolute atomic E-state index is 13.0. The Kier molecular flexibility index (Phi) is 4.34. The zero-order valence-corrected chi connectivity index (χ0v) is 14.9. The standard InChI is InChI=1S/C20H26N4O/c1-22-11-3-7-18(22)19(25)23-12-4-8-20(16-23)9-5-13-24(20)15-17-6-2-10-21-14-17/h2-3,6-7,10-11,14H,4-5,8-9,12-13,15-16H2,1H3/t20-/m1/s1. The van der Waals surface area contributed by atoms with Crippen LogP contribution in [0.25, 0.3) is 0 Å². The number of hydrogen-bond acceptors (Lipinski definition) is 3. The van der Waals surface area contributed by atoms with Gasteiger partial charge >= 0.3 is 0 Å². The lowest BCUT2D eigenvalue weighted by molar-refractivity contribution is 0.0290. The lowest BCUT2D eigenvalue weighted by Gasteiger charge is -2.46. The minimum Gasteiger partial charge on any atom is -0.347 e. The summed E-state index contributed by atoms with van der Waals surface area (Å²) in [5.74, 6) is 0.166. The summed E-state index contributed by atoms with van der Waals surface area (Å²) >= 11 is 0. The second-order valence-corrected chi connectivity index (χ2v) is 7.45. The SMILES string of the molecule is Cn1cccc1C(=O)N1CCC[C@@]2(CCCN2Cc2cccnc2)C1. The predicted molar refractivity (Wildman–Crippen MR) is 97.2 cm³/mol. The minimum atomic E-state index is 0.134. The van der Waals surface area contributed by atoms with Crippen LogP contribution in [0.4, 0.5) is 0 Å². The van der Waals surface area contributed by atoms with Gasteiger partial charge in [0, 0.05) is 50.8 Å². The number of carbonyl (C=O) groups excluding carboxylic acids is 1. The lowest BCUT2D eigenvalue weighted by atomic mass is 9.86. The molecule has 2 aromatic rings. The molecule has 0 aliphatic carbocycles. The van der Waals surface area contributed by atoms with Crippen molar-refractivity contribution < 1.29 is 4.79 Å². The van der Waals surface area contributed by atoms with E-state index in [9.17, 15) is 4.79 Å². The van der Waals surface area contributed by atoms with E-state index in [1.807, 2.05) is 48.4 Å². The monoisotopic (exact) mass is 338 g/mol. The third-order valence-corrected chi connectivity index (χ3v) is 5.84. The fraction of sp³-hybridized carbons (Fsp3) is 0.500.